The van der Waals surface area contributed by atoms with Crippen LogP contribution in [0.4, 0.5) is 22.0 Å². The van der Waals surface area contributed by atoms with Crippen LogP contribution in [-0.2, 0) is 5.60 Å². The highest BCUT2D eigenvalue weighted by Gasteiger charge is 2.47. The Morgan fingerprint density at radius 3 is 2.55 bits per heavy atom. The molecule has 1 amide bonds. The normalized spacial score (nSPS) is 14.6. The van der Waals surface area contributed by atoms with Crippen molar-refractivity contribution in [2.24, 2.45) is 5.92 Å². The number of fused-ring (bicyclic) bond motifs is 1. The van der Waals surface area contributed by atoms with E-state index < -0.39 is 37.0 Å². The first kappa shape index (κ1) is 31.4. The van der Waals surface area contributed by atoms with E-state index in [1.54, 1.807) is 19.9 Å². The lowest BCUT2D eigenvalue weighted by Gasteiger charge is -2.29. The summed E-state index contributed by atoms with van der Waals surface area (Å²) in [6, 6.07) is 9.51. The monoisotopic (exact) mass is 635 g/mol. The average Bonchev–Trinajstić information content (AvgIpc) is 3.82. The van der Waals surface area contributed by atoms with Crippen molar-refractivity contribution in [3.05, 3.63) is 81.9 Å². The first-order valence-electron chi connectivity index (χ1n) is 13.6. The van der Waals surface area contributed by atoms with Crippen molar-refractivity contribution in [3.8, 4) is 22.8 Å². The third-order valence-corrected chi connectivity index (χ3v) is 7.57. The lowest BCUT2D eigenvalue weighted by molar-refractivity contribution is -0.0489. The molecule has 0 saturated heterocycles. The molecule has 1 fully saturated rings. The number of rotatable bonds is 11. The Balaban J connectivity index is 1.50. The summed E-state index contributed by atoms with van der Waals surface area (Å²) in [5.74, 6) is -1.96. The standard InChI is InChI=1S/C31H27ClF5N3O4/c1-15-7-18-9-19(11-23(44-30(36)37)26(18)38-12-15)29(41)39-14-31(42,20-4-5-20)24-8-16(2)28(43-13-25(34)35)27(40-24)17-3-6-22(33)21(32)10-17/h3,6-12,20,25,30,42H,4-5,13-14H2,1-2H3,(H,39,41)/t31-/m1/s1. The molecule has 0 aliphatic heterocycles. The molecule has 13 heteroatoms. The fourth-order valence-corrected chi connectivity index (χ4v) is 5.20. The number of aromatic nitrogens is 2. The number of benzene rings is 2. The number of nitrogens with zero attached hydrogens (tertiary/aromatic N) is 2. The summed E-state index contributed by atoms with van der Waals surface area (Å²) in [4.78, 5) is 22.0. The van der Waals surface area contributed by atoms with Crippen LogP contribution in [0.15, 0.2) is 48.7 Å². The molecule has 2 aromatic carbocycles. The first-order valence-corrected chi connectivity index (χ1v) is 14.0. The van der Waals surface area contributed by atoms with Crippen LogP contribution in [0.1, 0.15) is 40.0 Å². The number of amides is 1. The molecular formula is C31H27ClF5N3O4. The third kappa shape index (κ3) is 6.71. The van der Waals surface area contributed by atoms with Crippen LogP contribution in [-0.4, -0.2) is 47.2 Å². The number of nitrogens with one attached hydrogen (secondary N) is 1. The molecule has 7 nitrogen and oxygen atoms in total. The summed E-state index contributed by atoms with van der Waals surface area (Å²) in [5, 5.41) is 14.8. The summed E-state index contributed by atoms with van der Waals surface area (Å²) in [6.07, 6.45) is -0.0641. The second-order valence-electron chi connectivity index (χ2n) is 10.7. The highest BCUT2D eigenvalue weighted by atomic mass is 35.5. The third-order valence-electron chi connectivity index (χ3n) is 7.28. The van der Waals surface area contributed by atoms with Crippen molar-refractivity contribution in [1.29, 1.82) is 0 Å². The maximum absolute atomic E-state index is 13.9. The van der Waals surface area contributed by atoms with Gasteiger partial charge in [-0.3, -0.25) is 9.78 Å². The van der Waals surface area contributed by atoms with Crippen LogP contribution in [0.5, 0.6) is 11.5 Å². The van der Waals surface area contributed by atoms with Gasteiger partial charge in [0.2, 0.25) is 0 Å². The summed E-state index contributed by atoms with van der Waals surface area (Å²) in [6.45, 7) is -1.05. The van der Waals surface area contributed by atoms with Crippen LogP contribution < -0.4 is 14.8 Å². The maximum Gasteiger partial charge on any atom is 0.387 e. The number of carbonyl (C=O) groups excluding carboxylic acids is 1. The molecule has 1 aliphatic carbocycles. The van der Waals surface area contributed by atoms with Gasteiger partial charge in [-0.25, -0.2) is 18.2 Å². The predicted molar refractivity (Wildman–Crippen MR) is 153 cm³/mol. The maximum atomic E-state index is 13.9. The van der Waals surface area contributed by atoms with Gasteiger partial charge in [-0.1, -0.05) is 11.6 Å². The molecule has 1 atom stereocenters. The fraction of sp³-hybridized carbons (Fsp3) is 0.323. The number of aryl methyl sites for hydroxylation is 2. The van der Waals surface area contributed by atoms with Crippen molar-refractivity contribution in [1.82, 2.24) is 15.3 Å². The highest BCUT2D eigenvalue weighted by Crippen LogP contribution is 2.47. The molecule has 5 rings (SSSR count). The summed E-state index contributed by atoms with van der Waals surface area (Å²) < 4.78 is 76.3. The van der Waals surface area contributed by atoms with Crippen molar-refractivity contribution >= 4 is 28.4 Å². The quantitative estimate of drug-likeness (QED) is 0.173. The van der Waals surface area contributed by atoms with E-state index in [9.17, 15) is 31.9 Å². The van der Waals surface area contributed by atoms with Gasteiger partial charge in [0.05, 0.1) is 17.3 Å². The Kier molecular flexibility index (Phi) is 8.94. The molecule has 0 radical (unpaired) electrons. The molecule has 0 unspecified atom stereocenters. The van der Waals surface area contributed by atoms with Gasteiger partial charge in [0, 0.05) is 22.7 Å². The number of ether oxygens (including phenoxy) is 2. The zero-order valence-corrected chi connectivity index (χ0v) is 24.3. The van der Waals surface area contributed by atoms with Crippen LogP contribution >= 0.6 is 11.6 Å². The Morgan fingerprint density at radius 1 is 1.14 bits per heavy atom. The van der Waals surface area contributed by atoms with Crippen molar-refractivity contribution in [3.63, 3.8) is 0 Å². The molecule has 0 spiro atoms. The van der Waals surface area contributed by atoms with E-state index in [1.165, 1.54) is 30.5 Å². The molecule has 0 bridgehead atoms. The van der Waals surface area contributed by atoms with Crippen LogP contribution in [0.2, 0.25) is 5.02 Å². The first-order chi connectivity index (χ1) is 20.9. The molecule has 1 aliphatic rings. The zero-order valence-electron chi connectivity index (χ0n) is 23.5. The van der Waals surface area contributed by atoms with Gasteiger partial charge in [-0.15, -0.1) is 0 Å². The summed E-state index contributed by atoms with van der Waals surface area (Å²) >= 11 is 5.99. The molecular weight excluding hydrogens is 609 g/mol. The van der Waals surface area contributed by atoms with Crippen molar-refractivity contribution < 1.29 is 41.3 Å². The molecule has 232 valence electrons. The van der Waals surface area contributed by atoms with Gasteiger partial charge >= 0.3 is 6.61 Å². The van der Waals surface area contributed by atoms with Crippen molar-refractivity contribution in [2.75, 3.05) is 13.2 Å². The number of pyridine rings is 2. The van der Waals surface area contributed by atoms with Gasteiger partial charge in [0.1, 0.15) is 35.0 Å². The SMILES string of the molecule is Cc1cnc2c(OC(F)F)cc(C(=O)NC[C@](O)(c3cc(C)c(OCC(F)F)c(-c4ccc(F)c(Cl)c4)n3)C3CC3)cc2c1. The average molecular weight is 636 g/mol. The largest absolute Gasteiger partial charge is 0.485 e. The fourth-order valence-electron chi connectivity index (χ4n) is 5.02. The molecule has 2 N–H and O–H groups in total. The van der Waals surface area contributed by atoms with E-state index in [0.717, 1.165) is 17.7 Å². The lowest BCUT2D eigenvalue weighted by atomic mass is 9.90. The second-order valence-corrected chi connectivity index (χ2v) is 11.1. The molecule has 44 heavy (non-hydrogen) atoms. The summed E-state index contributed by atoms with van der Waals surface area (Å²) in [5.41, 5.74) is -0.0115. The van der Waals surface area contributed by atoms with Gasteiger partial charge in [0.25, 0.3) is 12.3 Å². The van der Waals surface area contributed by atoms with E-state index in [2.05, 4.69) is 20.0 Å². The van der Waals surface area contributed by atoms with Gasteiger partial charge < -0.3 is 19.9 Å². The predicted octanol–water partition coefficient (Wildman–Crippen LogP) is 6.98. The van der Waals surface area contributed by atoms with E-state index in [0.29, 0.717) is 23.8 Å². The topological polar surface area (TPSA) is 93.6 Å². The van der Waals surface area contributed by atoms with Crippen LogP contribution in [0, 0.1) is 25.6 Å². The minimum Gasteiger partial charge on any atom is -0.485 e. The smallest absolute Gasteiger partial charge is 0.387 e. The van der Waals surface area contributed by atoms with Gasteiger partial charge in [-0.2, -0.15) is 8.78 Å². The highest BCUT2D eigenvalue weighted by molar-refractivity contribution is 6.31. The van der Waals surface area contributed by atoms with E-state index in [4.69, 9.17) is 16.3 Å². The van der Waals surface area contributed by atoms with Crippen molar-refractivity contribution in [2.45, 2.75) is 45.3 Å². The van der Waals surface area contributed by atoms with E-state index in [1.807, 2.05) is 0 Å². The second kappa shape index (κ2) is 12.5. The van der Waals surface area contributed by atoms with E-state index >= 15 is 0 Å². The van der Waals surface area contributed by atoms with Crippen LogP contribution in [0.3, 0.4) is 0 Å². The Bertz CT molecular complexity index is 1720. The number of alkyl halides is 4. The number of carbonyl (C=O) groups is 1. The number of aliphatic hydroxyl groups is 1. The molecule has 2 aromatic heterocycles. The summed E-state index contributed by atoms with van der Waals surface area (Å²) in [7, 11) is 0. The Hall–Kier alpha value is -4.03. The van der Waals surface area contributed by atoms with Gasteiger partial charge in [0.15, 0.2) is 5.75 Å². The number of hydrogen-bond donors (Lipinski definition) is 2. The molecule has 4 aromatic rings. The van der Waals surface area contributed by atoms with E-state index in [-0.39, 0.29) is 57.0 Å². The number of halogens is 6. The molecule has 1 saturated carbocycles. The lowest BCUT2D eigenvalue weighted by Crippen LogP contribution is -2.43. The van der Waals surface area contributed by atoms with Crippen LogP contribution in [0.25, 0.3) is 22.2 Å². The minimum atomic E-state index is -3.15. The van der Waals surface area contributed by atoms with Gasteiger partial charge in [-0.05, 0) is 86.2 Å². The minimum absolute atomic E-state index is 0.000210. The molecule has 2 heterocycles. The Labute approximate surface area is 254 Å². The Morgan fingerprint density at radius 2 is 1.89 bits per heavy atom. The zero-order chi connectivity index (χ0) is 31.8. The number of hydrogen-bond acceptors (Lipinski definition) is 6.